The van der Waals surface area contributed by atoms with Gasteiger partial charge in [-0.05, 0) is 25.5 Å². The van der Waals surface area contributed by atoms with Crippen molar-refractivity contribution in [3.8, 4) is 0 Å². The van der Waals surface area contributed by atoms with Gasteiger partial charge in [-0.3, -0.25) is 14.6 Å². The third-order valence-electron chi connectivity index (χ3n) is 4.02. The van der Waals surface area contributed by atoms with Gasteiger partial charge >= 0.3 is 0 Å². The molecule has 7 nitrogen and oxygen atoms in total. The van der Waals surface area contributed by atoms with E-state index in [0.29, 0.717) is 44.0 Å². The van der Waals surface area contributed by atoms with Crippen molar-refractivity contribution in [2.75, 3.05) is 26.3 Å². The fourth-order valence-corrected chi connectivity index (χ4v) is 2.78. The molecule has 0 aliphatic carbocycles. The van der Waals surface area contributed by atoms with E-state index in [1.165, 1.54) is 12.4 Å². The lowest BCUT2D eigenvalue weighted by Crippen LogP contribution is -2.36. The standard InChI is InChI=1S/C17H20N4O3/c1-12-2-3-14(8-18-12)17(23)21-4-5-24-10-13(9-21)6-15-7-16(22)20-11-19-15/h2-3,7-8,11,13H,4-6,9-10H2,1H3,(H,19,20,22). The predicted molar refractivity (Wildman–Crippen MR) is 87.7 cm³/mol. The lowest BCUT2D eigenvalue weighted by Gasteiger charge is -2.23. The monoisotopic (exact) mass is 328 g/mol. The number of hydrogen-bond donors (Lipinski definition) is 1. The van der Waals surface area contributed by atoms with E-state index < -0.39 is 0 Å². The van der Waals surface area contributed by atoms with Crippen molar-refractivity contribution in [2.45, 2.75) is 13.3 Å². The fraction of sp³-hybridized carbons (Fsp3) is 0.412. The summed E-state index contributed by atoms with van der Waals surface area (Å²) in [6.45, 7) is 4.06. The van der Waals surface area contributed by atoms with Gasteiger partial charge in [-0.1, -0.05) is 0 Å². The summed E-state index contributed by atoms with van der Waals surface area (Å²) in [5.74, 6) is 0.0565. The van der Waals surface area contributed by atoms with Crippen LogP contribution in [0.25, 0.3) is 0 Å². The average molecular weight is 328 g/mol. The van der Waals surface area contributed by atoms with Gasteiger partial charge in [-0.2, -0.15) is 0 Å². The first kappa shape index (κ1) is 16.3. The number of carbonyl (C=O) groups is 1. The maximum Gasteiger partial charge on any atom is 0.255 e. The molecule has 0 bridgehead atoms. The Labute approximate surface area is 139 Å². The number of carbonyl (C=O) groups excluding carboxylic acids is 1. The van der Waals surface area contributed by atoms with Gasteiger partial charge in [0, 0.05) is 42.7 Å². The van der Waals surface area contributed by atoms with Crippen molar-refractivity contribution in [3.63, 3.8) is 0 Å². The lowest BCUT2D eigenvalue weighted by molar-refractivity contribution is 0.0737. The summed E-state index contributed by atoms with van der Waals surface area (Å²) >= 11 is 0. The van der Waals surface area contributed by atoms with Crippen molar-refractivity contribution in [3.05, 3.63) is 58.0 Å². The van der Waals surface area contributed by atoms with Crippen molar-refractivity contribution in [1.29, 1.82) is 0 Å². The third-order valence-corrected chi connectivity index (χ3v) is 4.02. The van der Waals surface area contributed by atoms with Crippen LogP contribution in [-0.2, 0) is 11.2 Å². The first-order chi connectivity index (χ1) is 11.6. The summed E-state index contributed by atoms with van der Waals surface area (Å²) in [5, 5.41) is 0. The minimum Gasteiger partial charge on any atom is -0.379 e. The van der Waals surface area contributed by atoms with Crippen LogP contribution in [0.5, 0.6) is 0 Å². The zero-order valence-corrected chi connectivity index (χ0v) is 13.6. The molecule has 3 heterocycles. The van der Waals surface area contributed by atoms with Crippen LogP contribution in [-0.4, -0.2) is 52.1 Å². The molecule has 0 saturated carbocycles. The number of H-pyrrole nitrogens is 1. The molecule has 0 radical (unpaired) electrons. The van der Waals surface area contributed by atoms with Gasteiger partial charge in [-0.25, -0.2) is 4.98 Å². The molecule has 1 fully saturated rings. The molecule has 24 heavy (non-hydrogen) atoms. The molecule has 0 spiro atoms. The van der Waals surface area contributed by atoms with E-state index in [9.17, 15) is 9.59 Å². The molecule has 1 saturated heterocycles. The van der Waals surface area contributed by atoms with Crippen LogP contribution in [0, 0.1) is 12.8 Å². The molecule has 1 atom stereocenters. The maximum atomic E-state index is 12.7. The Hall–Kier alpha value is -2.54. The van der Waals surface area contributed by atoms with Crippen LogP contribution < -0.4 is 5.56 Å². The highest BCUT2D eigenvalue weighted by Gasteiger charge is 2.24. The van der Waals surface area contributed by atoms with Gasteiger partial charge in [-0.15, -0.1) is 0 Å². The van der Waals surface area contributed by atoms with Gasteiger partial charge in [0.15, 0.2) is 0 Å². The quantitative estimate of drug-likeness (QED) is 0.900. The number of aryl methyl sites for hydroxylation is 1. The van der Waals surface area contributed by atoms with E-state index in [-0.39, 0.29) is 17.4 Å². The van der Waals surface area contributed by atoms with Crippen molar-refractivity contribution in [2.24, 2.45) is 5.92 Å². The molecule has 0 aromatic carbocycles. The van der Waals surface area contributed by atoms with Crippen LogP contribution in [0.4, 0.5) is 0 Å². The molecular weight excluding hydrogens is 308 g/mol. The molecule has 1 aliphatic rings. The number of ether oxygens (including phenoxy) is 1. The van der Waals surface area contributed by atoms with Crippen molar-refractivity contribution >= 4 is 5.91 Å². The number of aromatic amines is 1. The number of nitrogens with one attached hydrogen (secondary N) is 1. The Morgan fingerprint density at radius 2 is 2.29 bits per heavy atom. The normalized spacial score (nSPS) is 18.2. The number of hydrogen-bond acceptors (Lipinski definition) is 5. The number of pyridine rings is 1. The second-order valence-electron chi connectivity index (χ2n) is 5.99. The first-order valence-electron chi connectivity index (χ1n) is 7.95. The third kappa shape index (κ3) is 4.05. The molecule has 3 rings (SSSR count). The second kappa shape index (κ2) is 7.35. The van der Waals surface area contributed by atoms with Gasteiger partial charge in [0.1, 0.15) is 0 Å². The molecule has 1 N–H and O–H groups in total. The van der Waals surface area contributed by atoms with Crippen LogP contribution in [0.1, 0.15) is 21.7 Å². The summed E-state index contributed by atoms with van der Waals surface area (Å²) in [5.41, 5.74) is 1.99. The van der Waals surface area contributed by atoms with E-state index in [1.54, 1.807) is 17.2 Å². The number of amides is 1. The molecule has 2 aromatic rings. The topological polar surface area (TPSA) is 88.2 Å². The van der Waals surface area contributed by atoms with Crippen LogP contribution in [0.3, 0.4) is 0 Å². The Kier molecular flexibility index (Phi) is 5.00. The van der Waals surface area contributed by atoms with Gasteiger partial charge in [0.25, 0.3) is 11.5 Å². The molecule has 2 aromatic heterocycles. The van der Waals surface area contributed by atoms with E-state index in [4.69, 9.17) is 4.74 Å². The van der Waals surface area contributed by atoms with Gasteiger partial charge < -0.3 is 14.6 Å². The number of aromatic nitrogens is 3. The van der Waals surface area contributed by atoms with E-state index >= 15 is 0 Å². The molecule has 7 heteroatoms. The van der Waals surface area contributed by atoms with Crippen LogP contribution >= 0.6 is 0 Å². The molecule has 1 unspecified atom stereocenters. The molecule has 126 valence electrons. The molecule has 1 aliphatic heterocycles. The number of rotatable bonds is 3. The highest BCUT2D eigenvalue weighted by molar-refractivity contribution is 5.93. The predicted octanol–water partition coefficient (Wildman–Crippen LogP) is 0.805. The summed E-state index contributed by atoms with van der Waals surface area (Å²) in [6.07, 6.45) is 3.60. The van der Waals surface area contributed by atoms with Crippen molar-refractivity contribution in [1.82, 2.24) is 19.9 Å². The average Bonchev–Trinajstić information content (AvgIpc) is 2.80. The Morgan fingerprint density at radius 1 is 1.42 bits per heavy atom. The Morgan fingerprint density at radius 3 is 3.04 bits per heavy atom. The summed E-state index contributed by atoms with van der Waals surface area (Å²) in [4.78, 5) is 36.7. The molecule has 1 amide bonds. The van der Waals surface area contributed by atoms with Crippen molar-refractivity contribution < 1.29 is 9.53 Å². The zero-order chi connectivity index (χ0) is 16.9. The van der Waals surface area contributed by atoms with Crippen LogP contribution in [0.15, 0.2) is 35.5 Å². The SMILES string of the molecule is Cc1ccc(C(=O)N2CCOCC(Cc3cc(=O)[nH]cn3)C2)cn1. The Bertz CT molecular complexity index is 757. The minimum atomic E-state index is -0.173. The van der Waals surface area contributed by atoms with E-state index in [2.05, 4.69) is 15.0 Å². The fourth-order valence-electron chi connectivity index (χ4n) is 2.78. The zero-order valence-electron chi connectivity index (χ0n) is 13.6. The van der Waals surface area contributed by atoms with E-state index in [0.717, 1.165) is 5.69 Å². The summed E-state index contributed by atoms with van der Waals surface area (Å²) in [6, 6.07) is 5.11. The maximum absolute atomic E-state index is 12.7. The molecular formula is C17H20N4O3. The second-order valence-corrected chi connectivity index (χ2v) is 5.99. The lowest BCUT2D eigenvalue weighted by atomic mass is 10.0. The highest BCUT2D eigenvalue weighted by atomic mass is 16.5. The minimum absolute atomic E-state index is 0.0446. The van der Waals surface area contributed by atoms with Crippen LogP contribution in [0.2, 0.25) is 0 Å². The first-order valence-corrected chi connectivity index (χ1v) is 7.95. The number of nitrogens with zero attached hydrogens (tertiary/aromatic N) is 3. The largest absolute Gasteiger partial charge is 0.379 e. The summed E-state index contributed by atoms with van der Waals surface area (Å²) < 4.78 is 5.62. The smallest absolute Gasteiger partial charge is 0.255 e. The Balaban J connectivity index is 1.71. The van der Waals surface area contributed by atoms with Gasteiger partial charge in [0.05, 0.1) is 25.1 Å². The highest BCUT2D eigenvalue weighted by Crippen LogP contribution is 2.14. The summed E-state index contributed by atoms with van der Waals surface area (Å²) in [7, 11) is 0. The van der Waals surface area contributed by atoms with Gasteiger partial charge in [0.2, 0.25) is 0 Å². The van der Waals surface area contributed by atoms with E-state index in [1.807, 2.05) is 13.0 Å².